The molecule has 1 unspecified atom stereocenters. The van der Waals surface area contributed by atoms with Crippen LogP contribution in [0, 0.1) is 0 Å². The van der Waals surface area contributed by atoms with Crippen LogP contribution in [0.4, 0.5) is 0 Å². The molecular weight excluding hydrogens is 394 g/mol. The Kier molecular flexibility index (Phi) is 7.36. The van der Waals surface area contributed by atoms with E-state index in [1.165, 1.54) is 12.0 Å². The molecule has 1 aliphatic rings. The van der Waals surface area contributed by atoms with Crippen molar-refractivity contribution in [3.63, 3.8) is 0 Å². The van der Waals surface area contributed by atoms with E-state index < -0.39 is 0 Å². The fraction of sp³-hybridized carbons (Fsp3) is 0.286. The van der Waals surface area contributed by atoms with Crippen molar-refractivity contribution in [2.24, 2.45) is 5.73 Å². The summed E-state index contributed by atoms with van der Waals surface area (Å²) in [7, 11) is 1.48. The van der Waals surface area contributed by atoms with Gasteiger partial charge in [-0.2, -0.15) is 0 Å². The average Bonchev–Trinajstić information content (AvgIpc) is 2.93. The molecule has 1 aliphatic heterocycles. The minimum absolute atomic E-state index is 0. The van der Waals surface area contributed by atoms with E-state index in [4.69, 9.17) is 10.5 Å². The molecule has 29 heavy (non-hydrogen) atoms. The number of carbonyl (C=O) groups excluding carboxylic acids is 3. The van der Waals surface area contributed by atoms with Crippen LogP contribution in [0.5, 0.6) is 5.75 Å². The zero-order valence-corrected chi connectivity index (χ0v) is 17.1. The van der Waals surface area contributed by atoms with Gasteiger partial charge >= 0.3 is 0 Å². The maximum atomic E-state index is 12.5. The van der Waals surface area contributed by atoms with Crippen molar-refractivity contribution in [1.29, 1.82) is 0 Å². The Bertz CT molecular complexity index is 895. The summed E-state index contributed by atoms with van der Waals surface area (Å²) >= 11 is 0. The fourth-order valence-electron chi connectivity index (χ4n) is 3.10. The number of hydrogen-bond acceptors (Lipinski definition) is 5. The van der Waals surface area contributed by atoms with Gasteiger partial charge in [-0.05, 0) is 43.2 Å². The first-order valence-electron chi connectivity index (χ1n) is 9.08. The summed E-state index contributed by atoms with van der Waals surface area (Å²) in [5.41, 5.74) is 7.51. The lowest BCUT2D eigenvalue weighted by atomic mass is 10.1. The van der Waals surface area contributed by atoms with Gasteiger partial charge in [0.15, 0.2) is 0 Å². The van der Waals surface area contributed by atoms with Crippen molar-refractivity contribution in [3.05, 3.63) is 64.7 Å². The molecule has 2 aromatic carbocycles. The first kappa shape index (κ1) is 22.4. The monoisotopic (exact) mass is 417 g/mol. The number of fused-ring (bicyclic) bond motifs is 1. The number of methoxy groups -OCH3 is 1. The van der Waals surface area contributed by atoms with Crippen LogP contribution in [0.3, 0.4) is 0 Å². The van der Waals surface area contributed by atoms with E-state index in [0.29, 0.717) is 41.0 Å². The lowest BCUT2D eigenvalue weighted by Gasteiger charge is -2.16. The third-order valence-corrected chi connectivity index (χ3v) is 4.61. The lowest BCUT2D eigenvalue weighted by molar-refractivity contribution is 0.0642. The number of imide groups is 1. The average molecular weight is 418 g/mol. The molecule has 0 aliphatic carbocycles. The summed E-state index contributed by atoms with van der Waals surface area (Å²) in [5, 5.41) is 2.81. The normalized spacial score (nSPS) is 13.6. The maximum Gasteiger partial charge on any atom is 0.261 e. The first-order valence-corrected chi connectivity index (χ1v) is 9.08. The maximum absolute atomic E-state index is 12.5. The molecule has 0 radical (unpaired) electrons. The molecule has 0 spiro atoms. The van der Waals surface area contributed by atoms with Crippen LogP contribution in [-0.2, 0) is 6.54 Å². The van der Waals surface area contributed by atoms with Gasteiger partial charge in [-0.15, -0.1) is 12.4 Å². The Hall–Kier alpha value is -2.90. The SMILES string of the molecule is COc1ccc(CN2C(=O)c3ccccc3C2=O)cc1C(=O)NCCC(C)N.Cl. The minimum Gasteiger partial charge on any atom is -0.496 e. The lowest BCUT2D eigenvalue weighted by Crippen LogP contribution is -2.30. The molecule has 3 rings (SSSR count). The summed E-state index contributed by atoms with van der Waals surface area (Å²) in [6, 6.07) is 11.8. The first-order chi connectivity index (χ1) is 13.4. The molecular formula is C21H24ClN3O4. The quantitative estimate of drug-likeness (QED) is 0.673. The van der Waals surface area contributed by atoms with E-state index >= 15 is 0 Å². The molecule has 2 aromatic rings. The molecule has 0 saturated heterocycles. The third kappa shape index (κ3) is 4.75. The number of nitrogens with zero attached hydrogens (tertiary/aromatic N) is 1. The number of nitrogens with one attached hydrogen (secondary N) is 1. The number of benzene rings is 2. The smallest absolute Gasteiger partial charge is 0.261 e. The third-order valence-electron chi connectivity index (χ3n) is 4.61. The van der Waals surface area contributed by atoms with Crippen molar-refractivity contribution in [3.8, 4) is 5.75 Å². The molecule has 3 amide bonds. The molecule has 0 saturated carbocycles. The van der Waals surface area contributed by atoms with E-state index in [2.05, 4.69) is 5.32 Å². The number of carbonyl (C=O) groups is 3. The summed E-state index contributed by atoms with van der Waals surface area (Å²) in [4.78, 5) is 38.8. The van der Waals surface area contributed by atoms with E-state index in [-0.39, 0.29) is 42.7 Å². The number of halogens is 1. The summed E-state index contributed by atoms with van der Waals surface area (Å²) in [5.74, 6) is -0.537. The molecule has 1 atom stereocenters. The Labute approximate surface area is 175 Å². The fourth-order valence-corrected chi connectivity index (χ4v) is 3.10. The highest BCUT2D eigenvalue weighted by Gasteiger charge is 2.35. The number of hydrogen-bond donors (Lipinski definition) is 2. The van der Waals surface area contributed by atoms with E-state index in [1.54, 1.807) is 42.5 Å². The second kappa shape index (κ2) is 9.54. The van der Waals surface area contributed by atoms with Crippen molar-refractivity contribution < 1.29 is 19.1 Å². The summed E-state index contributed by atoms with van der Waals surface area (Å²) < 4.78 is 5.28. The predicted octanol–water partition coefficient (Wildman–Crippen LogP) is 2.38. The molecule has 154 valence electrons. The highest BCUT2D eigenvalue weighted by molar-refractivity contribution is 6.21. The predicted molar refractivity (Wildman–Crippen MR) is 111 cm³/mol. The Balaban J connectivity index is 0.00000300. The second-order valence-corrected chi connectivity index (χ2v) is 6.80. The van der Waals surface area contributed by atoms with Gasteiger partial charge in [-0.25, -0.2) is 0 Å². The van der Waals surface area contributed by atoms with Crippen LogP contribution < -0.4 is 15.8 Å². The number of amides is 3. The summed E-state index contributed by atoms with van der Waals surface area (Å²) in [6.45, 7) is 2.40. The van der Waals surface area contributed by atoms with Gasteiger partial charge in [0, 0.05) is 12.6 Å². The zero-order chi connectivity index (χ0) is 20.3. The Morgan fingerprint density at radius 1 is 1.14 bits per heavy atom. The van der Waals surface area contributed by atoms with E-state index in [9.17, 15) is 14.4 Å². The van der Waals surface area contributed by atoms with Crippen LogP contribution in [0.1, 0.15) is 50.0 Å². The Morgan fingerprint density at radius 3 is 2.31 bits per heavy atom. The molecule has 0 fully saturated rings. The van der Waals surface area contributed by atoms with Gasteiger partial charge < -0.3 is 15.8 Å². The molecule has 3 N–H and O–H groups in total. The molecule has 0 aromatic heterocycles. The standard InChI is InChI=1S/C21H23N3O4.ClH/c1-13(22)9-10-23-19(25)17-11-14(7-8-18(17)28-2)12-24-20(26)15-5-3-4-6-16(15)21(24)27;/h3-8,11,13H,9-10,12,22H2,1-2H3,(H,23,25);1H. The van der Waals surface area contributed by atoms with Crippen molar-refractivity contribution in [2.45, 2.75) is 25.9 Å². The highest BCUT2D eigenvalue weighted by atomic mass is 35.5. The van der Waals surface area contributed by atoms with Gasteiger partial charge in [0.1, 0.15) is 5.75 Å². The van der Waals surface area contributed by atoms with Gasteiger partial charge in [-0.3, -0.25) is 19.3 Å². The molecule has 0 bridgehead atoms. The summed E-state index contributed by atoms with van der Waals surface area (Å²) in [6.07, 6.45) is 0.656. The van der Waals surface area contributed by atoms with Gasteiger partial charge in [0.05, 0.1) is 30.3 Å². The van der Waals surface area contributed by atoms with Crippen LogP contribution in [-0.4, -0.2) is 42.3 Å². The van der Waals surface area contributed by atoms with Crippen molar-refractivity contribution in [2.75, 3.05) is 13.7 Å². The molecule has 8 heteroatoms. The second-order valence-electron chi connectivity index (χ2n) is 6.80. The van der Waals surface area contributed by atoms with Crippen molar-refractivity contribution in [1.82, 2.24) is 10.2 Å². The zero-order valence-electron chi connectivity index (χ0n) is 16.3. The van der Waals surface area contributed by atoms with E-state index in [0.717, 1.165) is 0 Å². The topological polar surface area (TPSA) is 102 Å². The highest BCUT2D eigenvalue weighted by Crippen LogP contribution is 2.26. The van der Waals surface area contributed by atoms with Crippen LogP contribution in [0.2, 0.25) is 0 Å². The number of rotatable bonds is 7. The van der Waals surface area contributed by atoms with E-state index in [1.807, 2.05) is 6.92 Å². The number of nitrogens with two attached hydrogens (primary N) is 1. The van der Waals surface area contributed by atoms with Gasteiger partial charge in [0.2, 0.25) is 0 Å². The van der Waals surface area contributed by atoms with Crippen LogP contribution in [0.15, 0.2) is 42.5 Å². The molecule has 1 heterocycles. The van der Waals surface area contributed by atoms with Gasteiger partial charge in [-0.1, -0.05) is 18.2 Å². The van der Waals surface area contributed by atoms with Crippen LogP contribution in [0.25, 0.3) is 0 Å². The minimum atomic E-state index is -0.334. The molecule has 7 nitrogen and oxygen atoms in total. The van der Waals surface area contributed by atoms with Crippen LogP contribution >= 0.6 is 12.4 Å². The number of ether oxygens (including phenoxy) is 1. The largest absolute Gasteiger partial charge is 0.496 e. The Morgan fingerprint density at radius 2 is 1.76 bits per heavy atom. The van der Waals surface area contributed by atoms with Gasteiger partial charge in [0.25, 0.3) is 17.7 Å². The van der Waals surface area contributed by atoms with Crippen molar-refractivity contribution >= 4 is 30.1 Å².